The van der Waals surface area contributed by atoms with Crippen LogP contribution in [0.3, 0.4) is 0 Å². The van der Waals surface area contributed by atoms with Crippen LogP contribution in [0.15, 0.2) is 59.6 Å². The van der Waals surface area contributed by atoms with Gasteiger partial charge >= 0.3 is 0 Å². The summed E-state index contributed by atoms with van der Waals surface area (Å²) in [5.74, 6) is 0.845. The molecule has 2 rings (SSSR count). The molecule has 0 bridgehead atoms. The third-order valence-electron chi connectivity index (χ3n) is 3.67. The first-order valence-corrected chi connectivity index (χ1v) is 8.77. The standard InChI is InChI=1S/C21H23ClN2O/c1-4-5-6-21(18-7-11-19(22)12-8-18)24-16(3)23-20-13-9-17(10-14-20)15(2)25/h6-14H,4-5H2,1-3H3,(H,23,24)/b21-6-. The number of hydrogen-bond donors (Lipinski definition) is 1. The highest BCUT2D eigenvalue weighted by Crippen LogP contribution is 2.20. The summed E-state index contributed by atoms with van der Waals surface area (Å²) in [6.45, 7) is 5.63. The van der Waals surface area contributed by atoms with Crippen LogP contribution in [0.25, 0.3) is 5.70 Å². The maximum absolute atomic E-state index is 11.3. The Balaban J connectivity index is 2.20. The highest BCUT2D eigenvalue weighted by molar-refractivity contribution is 6.30. The number of hydrogen-bond acceptors (Lipinski definition) is 2. The Bertz CT molecular complexity index is 775. The van der Waals surface area contributed by atoms with Crippen molar-refractivity contribution in [3.8, 4) is 0 Å². The molecule has 0 aliphatic rings. The topological polar surface area (TPSA) is 41.5 Å². The van der Waals surface area contributed by atoms with Gasteiger partial charge in [-0.05, 0) is 62.2 Å². The molecule has 130 valence electrons. The fourth-order valence-electron chi connectivity index (χ4n) is 2.34. The Morgan fingerprint density at radius 3 is 2.20 bits per heavy atom. The van der Waals surface area contributed by atoms with Crippen molar-refractivity contribution in [3.63, 3.8) is 0 Å². The number of carbonyl (C=O) groups is 1. The number of carbonyl (C=O) groups excluding carboxylic acids is 1. The second-order valence-electron chi connectivity index (χ2n) is 5.84. The highest BCUT2D eigenvalue weighted by atomic mass is 35.5. The van der Waals surface area contributed by atoms with E-state index in [9.17, 15) is 4.79 Å². The van der Waals surface area contributed by atoms with Crippen molar-refractivity contribution >= 4 is 34.6 Å². The normalized spacial score (nSPS) is 12.2. The van der Waals surface area contributed by atoms with Crippen LogP contribution >= 0.6 is 11.6 Å². The molecule has 0 amide bonds. The fourth-order valence-corrected chi connectivity index (χ4v) is 2.46. The summed E-state index contributed by atoms with van der Waals surface area (Å²) in [7, 11) is 0. The Morgan fingerprint density at radius 1 is 1.04 bits per heavy atom. The van der Waals surface area contributed by atoms with Gasteiger partial charge in [0.25, 0.3) is 0 Å². The van der Waals surface area contributed by atoms with Crippen molar-refractivity contribution in [1.29, 1.82) is 0 Å². The molecule has 0 fully saturated rings. The molecule has 0 saturated heterocycles. The largest absolute Gasteiger partial charge is 0.344 e. The summed E-state index contributed by atoms with van der Waals surface area (Å²) in [5, 5.41) is 3.98. The van der Waals surface area contributed by atoms with E-state index < -0.39 is 0 Å². The quantitative estimate of drug-likeness (QED) is 0.380. The number of allylic oxidation sites excluding steroid dienone is 1. The maximum atomic E-state index is 11.3. The number of unbranched alkanes of at least 4 members (excludes halogenated alkanes) is 1. The van der Waals surface area contributed by atoms with Crippen LogP contribution in [-0.2, 0) is 0 Å². The first-order valence-electron chi connectivity index (χ1n) is 8.39. The van der Waals surface area contributed by atoms with Crippen LogP contribution in [0, 0.1) is 0 Å². The van der Waals surface area contributed by atoms with E-state index in [4.69, 9.17) is 16.6 Å². The Hall–Kier alpha value is -2.39. The first kappa shape index (κ1) is 18.9. The average Bonchev–Trinajstić information content (AvgIpc) is 2.60. The number of nitrogens with zero attached hydrogens (tertiary/aromatic N) is 1. The van der Waals surface area contributed by atoms with E-state index >= 15 is 0 Å². The minimum Gasteiger partial charge on any atom is -0.344 e. The fraction of sp³-hybridized carbons (Fsp3) is 0.238. The second kappa shape index (κ2) is 9.19. The van der Waals surface area contributed by atoms with Gasteiger partial charge in [0.15, 0.2) is 5.78 Å². The third-order valence-corrected chi connectivity index (χ3v) is 3.92. The molecule has 2 aromatic rings. The van der Waals surface area contributed by atoms with Gasteiger partial charge in [-0.1, -0.05) is 43.2 Å². The van der Waals surface area contributed by atoms with Gasteiger partial charge in [0.2, 0.25) is 0 Å². The van der Waals surface area contributed by atoms with Crippen molar-refractivity contribution < 1.29 is 4.79 Å². The molecule has 0 heterocycles. The lowest BCUT2D eigenvalue weighted by molar-refractivity contribution is 0.101. The van der Waals surface area contributed by atoms with Gasteiger partial charge in [0, 0.05) is 16.3 Å². The molecule has 0 radical (unpaired) electrons. The number of ketones is 1. The van der Waals surface area contributed by atoms with Crippen molar-refractivity contribution in [2.24, 2.45) is 4.99 Å². The van der Waals surface area contributed by atoms with Crippen LogP contribution in [0.4, 0.5) is 5.69 Å². The lowest BCUT2D eigenvalue weighted by Gasteiger charge is -2.09. The number of halogens is 1. The highest BCUT2D eigenvalue weighted by Gasteiger charge is 2.03. The van der Waals surface area contributed by atoms with Crippen molar-refractivity contribution in [3.05, 3.63) is 70.8 Å². The molecule has 0 atom stereocenters. The van der Waals surface area contributed by atoms with Gasteiger partial charge in [-0.25, -0.2) is 4.99 Å². The Morgan fingerprint density at radius 2 is 1.64 bits per heavy atom. The maximum Gasteiger partial charge on any atom is 0.159 e. The summed E-state index contributed by atoms with van der Waals surface area (Å²) < 4.78 is 0. The molecule has 3 nitrogen and oxygen atoms in total. The van der Waals surface area contributed by atoms with E-state index in [1.807, 2.05) is 55.5 Å². The number of Topliss-reactive ketones (excluding diaryl/α,β-unsaturated/α-hetero) is 1. The number of benzene rings is 2. The van der Waals surface area contributed by atoms with Crippen LogP contribution in [0.2, 0.25) is 5.02 Å². The summed E-state index contributed by atoms with van der Waals surface area (Å²) in [5.41, 5.74) is 3.55. The predicted octanol–water partition coefficient (Wildman–Crippen LogP) is 6.21. The van der Waals surface area contributed by atoms with Gasteiger partial charge in [0.05, 0.1) is 5.70 Å². The van der Waals surface area contributed by atoms with E-state index in [-0.39, 0.29) is 5.78 Å². The van der Waals surface area contributed by atoms with Gasteiger partial charge in [-0.15, -0.1) is 0 Å². The third kappa shape index (κ3) is 5.87. The molecule has 0 aromatic heterocycles. The van der Waals surface area contributed by atoms with E-state index in [1.54, 1.807) is 6.92 Å². The molecule has 4 heteroatoms. The molecule has 25 heavy (non-hydrogen) atoms. The first-order chi connectivity index (χ1) is 12.0. The molecule has 0 unspecified atom stereocenters. The predicted molar refractivity (Wildman–Crippen MR) is 108 cm³/mol. The van der Waals surface area contributed by atoms with E-state index in [1.165, 1.54) is 0 Å². The molecule has 1 N–H and O–H groups in total. The van der Waals surface area contributed by atoms with Crippen LogP contribution in [-0.4, -0.2) is 11.6 Å². The summed E-state index contributed by atoms with van der Waals surface area (Å²) in [4.78, 5) is 16.1. The summed E-state index contributed by atoms with van der Waals surface area (Å²) in [6, 6.07) is 15.1. The molecular weight excluding hydrogens is 332 g/mol. The monoisotopic (exact) mass is 354 g/mol. The number of nitrogens with one attached hydrogen (secondary N) is 1. The second-order valence-corrected chi connectivity index (χ2v) is 6.28. The Kier molecular flexibility index (Phi) is 6.96. The SMILES string of the molecule is CCC/C=C(\N=C(C)Nc1ccc(C(C)=O)cc1)c1ccc(Cl)cc1. The van der Waals surface area contributed by atoms with Crippen LogP contribution in [0.5, 0.6) is 0 Å². The average molecular weight is 355 g/mol. The van der Waals surface area contributed by atoms with Gasteiger partial charge in [-0.2, -0.15) is 0 Å². The van der Waals surface area contributed by atoms with Gasteiger partial charge in [-0.3, -0.25) is 4.79 Å². The molecule has 0 aliphatic carbocycles. The number of aliphatic imine (C=N–C) groups is 1. The number of rotatable bonds is 6. The lowest BCUT2D eigenvalue weighted by Crippen LogP contribution is -2.07. The molecule has 2 aromatic carbocycles. The van der Waals surface area contributed by atoms with Gasteiger partial charge in [0.1, 0.15) is 5.84 Å². The van der Waals surface area contributed by atoms with E-state index in [0.29, 0.717) is 10.6 Å². The van der Waals surface area contributed by atoms with Crippen molar-refractivity contribution in [2.75, 3.05) is 5.32 Å². The Labute approximate surface area is 154 Å². The number of amidine groups is 1. The minimum atomic E-state index is 0.0597. The lowest BCUT2D eigenvalue weighted by atomic mass is 10.1. The van der Waals surface area contributed by atoms with Crippen LogP contribution < -0.4 is 5.32 Å². The smallest absolute Gasteiger partial charge is 0.159 e. The molecule has 0 saturated carbocycles. The summed E-state index contributed by atoms with van der Waals surface area (Å²) >= 11 is 5.98. The van der Waals surface area contributed by atoms with E-state index in [0.717, 1.165) is 35.6 Å². The molecule has 0 spiro atoms. The van der Waals surface area contributed by atoms with Gasteiger partial charge < -0.3 is 5.32 Å². The summed E-state index contributed by atoms with van der Waals surface area (Å²) in [6.07, 6.45) is 4.15. The zero-order chi connectivity index (χ0) is 18.2. The minimum absolute atomic E-state index is 0.0597. The number of anilines is 1. The molecular formula is C21H23ClN2O. The zero-order valence-electron chi connectivity index (χ0n) is 14.8. The zero-order valence-corrected chi connectivity index (χ0v) is 15.6. The molecule has 0 aliphatic heterocycles. The van der Waals surface area contributed by atoms with Crippen LogP contribution in [0.1, 0.15) is 49.5 Å². The van der Waals surface area contributed by atoms with Crippen molar-refractivity contribution in [2.45, 2.75) is 33.6 Å². The van der Waals surface area contributed by atoms with E-state index in [2.05, 4.69) is 18.3 Å². The van der Waals surface area contributed by atoms with Crippen molar-refractivity contribution in [1.82, 2.24) is 0 Å².